The van der Waals surface area contributed by atoms with Gasteiger partial charge in [-0.3, -0.25) is 0 Å². The summed E-state index contributed by atoms with van der Waals surface area (Å²) in [5.74, 6) is -0.273. The first-order chi connectivity index (χ1) is 13.5. The average Bonchev–Trinajstić information content (AvgIpc) is 2.95. The Bertz CT molecular complexity index is 880. The fourth-order valence-electron chi connectivity index (χ4n) is 3.43. The Morgan fingerprint density at radius 1 is 1.21 bits per heavy atom. The Morgan fingerprint density at radius 2 is 1.96 bits per heavy atom. The number of thiocarbonyl (C=S) groups is 1. The Kier molecular flexibility index (Phi) is 7.32. The molecule has 0 unspecified atom stereocenters. The van der Waals surface area contributed by atoms with Crippen molar-refractivity contribution in [3.63, 3.8) is 0 Å². The Hall–Kier alpha value is -1.63. The lowest BCUT2D eigenvalue weighted by Crippen LogP contribution is -2.21. The Balaban J connectivity index is 1.87. The molecule has 1 aromatic carbocycles. The van der Waals surface area contributed by atoms with E-state index in [9.17, 15) is 4.79 Å². The van der Waals surface area contributed by atoms with Crippen LogP contribution in [0.5, 0.6) is 0 Å². The maximum Gasteiger partial charge on any atom is 0.341 e. The van der Waals surface area contributed by atoms with Crippen LogP contribution in [0.2, 0.25) is 5.02 Å². The molecule has 7 heteroatoms. The molecule has 0 fully saturated rings. The van der Waals surface area contributed by atoms with Crippen LogP contribution in [0.25, 0.3) is 0 Å². The van der Waals surface area contributed by atoms with Gasteiger partial charge in [0.05, 0.1) is 12.2 Å². The van der Waals surface area contributed by atoms with Gasteiger partial charge in [-0.2, -0.15) is 0 Å². The number of nitrogens with one attached hydrogen (secondary N) is 2. The van der Waals surface area contributed by atoms with E-state index < -0.39 is 0 Å². The number of fused-ring (bicyclic) bond motifs is 1. The first-order valence-electron chi connectivity index (χ1n) is 9.66. The highest BCUT2D eigenvalue weighted by molar-refractivity contribution is 7.80. The molecule has 2 aromatic rings. The summed E-state index contributed by atoms with van der Waals surface area (Å²) in [7, 11) is 0. The van der Waals surface area contributed by atoms with E-state index in [1.165, 1.54) is 17.7 Å². The molecule has 3 rings (SSSR count). The van der Waals surface area contributed by atoms with Gasteiger partial charge < -0.3 is 15.4 Å². The van der Waals surface area contributed by atoms with Crippen molar-refractivity contribution in [1.29, 1.82) is 0 Å². The summed E-state index contributed by atoms with van der Waals surface area (Å²) < 4.78 is 5.35. The number of aryl methyl sites for hydroxylation is 1. The molecule has 150 valence electrons. The molecule has 0 bridgehead atoms. The summed E-state index contributed by atoms with van der Waals surface area (Å²) >= 11 is 13.3. The van der Waals surface area contributed by atoms with Crippen molar-refractivity contribution in [2.75, 3.05) is 17.2 Å². The number of esters is 1. The summed E-state index contributed by atoms with van der Waals surface area (Å²) in [6.07, 6.45) is 6.60. The number of ether oxygens (including phenoxy) is 1. The Morgan fingerprint density at radius 3 is 2.71 bits per heavy atom. The normalized spacial score (nSPS) is 13.8. The molecule has 0 amide bonds. The minimum Gasteiger partial charge on any atom is -0.462 e. The van der Waals surface area contributed by atoms with Gasteiger partial charge >= 0.3 is 5.97 Å². The number of carbonyl (C=O) groups is 1. The number of anilines is 2. The predicted octanol–water partition coefficient (Wildman–Crippen LogP) is 6.35. The fourth-order valence-corrected chi connectivity index (χ4v) is 5.16. The third-order valence-electron chi connectivity index (χ3n) is 4.89. The molecule has 0 radical (unpaired) electrons. The first-order valence-corrected chi connectivity index (χ1v) is 11.3. The number of hydrogen-bond acceptors (Lipinski definition) is 4. The van der Waals surface area contributed by atoms with Crippen LogP contribution < -0.4 is 10.6 Å². The lowest BCUT2D eigenvalue weighted by atomic mass is 9.96. The van der Waals surface area contributed by atoms with Crippen molar-refractivity contribution >= 4 is 56.9 Å². The van der Waals surface area contributed by atoms with Gasteiger partial charge in [0.15, 0.2) is 5.11 Å². The monoisotopic (exact) mass is 436 g/mol. The zero-order valence-corrected chi connectivity index (χ0v) is 18.6. The van der Waals surface area contributed by atoms with Crippen molar-refractivity contribution < 1.29 is 9.53 Å². The Labute approximate surface area is 180 Å². The van der Waals surface area contributed by atoms with Crippen LogP contribution in [0.15, 0.2) is 18.2 Å². The largest absolute Gasteiger partial charge is 0.462 e. The average molecular weight is 437 g/mol. The summed E-state index contributed by atoms with van der Waals surface area (Å²) in [6.45, 7) is 4.12. The lowest BCUT2D eigenvalue weighted by Gasteiger charge is -2.14. The second-order valence-corrected chi connectivity index (χ2v) is 8.75. The van der Waals surface area contributed by atoms with E-state index in [4.69, 9.17) is 28.6 Å². The molecule has 0 saturated carbocycles. The summed E-state index contributed by atoms with van der Waals surface area (Å²) in [5, 5.41) is 8.31. The maximum atomic E-state index is 12.7. The molecule has 4 nitrogen and oxygen atoms in total. The second kappa shape index (κ2) is 9.72. The van der Waals surface area contributed by atoms with E-state index in [0.717, 1.165) is 47.5 Å². The van der Waals surface area contributed by atoms with E-state index in [1.54, 1.807) is 11.3 Å². The lowest BCUT2D eigenvalue weighted by molar-refractivity contribution is 0.0526. The molecule has 0 aliphatic heterocycles. The van der Waals surface area contributed by atoms with Crippen LogP contribution in [0.4, 0.5) is 10.7 Å². The molecule has 2 N–H and O–H groups in total. The standard InChI is InChI=1S/C21H25ClN2O2S2/c1-3-26-20(25)18-14-9-6-4-5-7-12-17(14)28-19(18)24-21(27)23-16-11-8-10-15(22)13(16)2/h8,10-11H,3-7,9,12H2,1-2H3,(H2,23,24,27). The summed E-state index contributed by atoms with van der Waals surface area (Å²) in [5.41, 5.74) is 3.55. The SMILES string of the molecule is CCOC(=O)c1c(NC(=S)Nc2cccc(Cl)c2C)sc2c1CCCCCC2. The van der Waals surface area contributed by atoms with Gasteiger partial charge in [-0.25, -0.2) is 4.79 Å². The van der Waals surface area contributed by atoms with Crippen molar-refractivity contribution in [2.24, 2.45) is 0 Å². The number of carbonyl (C=O) groups excluding carboxylic acids is 1. The van der Waals surface area contributed by atoms with Gasteiger partial charge in [-0.15, -0.1) is 11.3 Å². The zero-order chi connectivity index (χ0) is 20.1. The highest BCUT2D eigenvalue weighted by atomic mass is 35.5. The van der Waals surface area contributed by atoms with Crippen LogP contribution in [-0.4, -0.2) is 17.7 Å². The predicted molar refractivity (Wildman–Crippen MR) is 122 cm³/mol. The van der Waals surface area contributed by atoms with Crippen molar-refractivity contribution in [3.8, 4) is 0 Å². The molecular weight excluding hydrogens is 412 g/mol. The molecule has 0 spiro atoms. The topological polar surface area (TPSA) is 50.4 Å². The van der Waals surface area contributed by atoms with E-state index in [0.29, 0.717) is 22.3 Å². The van der Waals surface area contributed by atoms with Crippen LogP contribution in [0, 0.1) is 6.92 Å². The van der Waals surface area contributed by atoms with Gasteiger partial charge in [0.2, 0.25) is 0 Å². The van der Waals surface area contributed by atoms with Crippen molar-refractivity contribution in [1.82, 2.24) is 0 Å². The highest BCUT2D eigenvalue weighted by Gasteiger charge is 2.25. The third-order valence-corrected chi connectivity index (χ3v) is 6.71. The zero-order valence-electron chi connectivity index (χ0n) is 16.2. The number of thiophene rings is 1. The molecule has 0 atom stereocenters. The van der Waals surface area contributed by atoms with Gasteiger partial charge in [0.25, 0.3) is 0 Å². The van der Waals surface area contributed by atoms with Gasteiger partial charge in [0, 0.05) is 15.6 Å². The number of rotatable bonds is 4. The molecule has 1 aliphatic carbocycles. The summed E-state index contributed by atoms with van der Waals surface area (Å²) in [4.78, 5) is 14.0. The van der Waals surface area contributed by atoms with Crippen LogP contribution in [0.3, 0.4) is 0 Å². The molecule has 1 aromatic heterocycles. The maximum absolute atomic E-state index is 12.7. The minimum absolute atomic E-state index is 0.273. The van der Waals surface area contributed by atoms with Gasteiger partial charge in [0.1, 0.15) is 5.00 Å². The van der Waals surface area contributed by atoms with E-state index in [1.807, 2.05) is 32.0 Å². The smallest absolute Gasteiger partial charge is 0.341 e. The molecule has 28 heavy (non-hydrogen) atoms. The van der Waals surface area contributed by atoms with Gasteiger partial charge in [-0.05, 0) is 75.0 Å². The quantitative estimate of drug-likeness (QED) is 0.431. The molecule has 0 saturated heterocycles. The molecule has 1 heterocycles. The van der Waals surface area contributed by atoms with Crippen LogP contribution in [-0.2, 0) is 17.6 Å². The first kappa shape index (κ1) is 21.1. The molecule has 1 aliphatic rings. The summed E-state index contributed by atoms with van der Waals surface area (Å²) in [6, 6.07) is 5.65. The van der Waals surface area contributed by atoms with Crippen molar-refractivity contribution in [3.05, 3.63) is 44.8 Å². The van der Waals surface area contributed by atoms with Crippen LogP contribution in [0.1, 0.15) is 59.0 Å². The van der Waals surface area contributed by atoms with Crippen molar-refractivity contribution in [2.45, 2.75) is 52.4 Å². The fraction of sp³-hybridized carbons (Fsp3) is 0.429. The van der Waals surface area contributed by atoms with E-state index in [-0.39, 0.29) is 5.97 Å². The second-order valence-electron chi connectivity index (χ2n) is 6.83. The number of hydrogen-bond donors (Lipinski definition) is 2. The number of benzene rings is 1. The van der Waals surface area contributed by atoms with E-state index in [2.05, 4.69) is 10.6 Å². The number of halogens is 1. The third kappa shape index (κ3) is 4.85. The van der Waals surface area contributed by atoms with Gasteiger partial charge in [-0.1, -0.05) is 30.5 Å². The highest BCUT2D eigenvalue weighted by Crippen LogP contribution is 2.37. The van der Waals surface area contributed by atoms with Crippen LogP contribution >= 0.6 is 35.2 Å². The van der Waals surface area contributed by atoms with E-state index >= 15 is 0 Å². The minimum atomic E-state index is -0.273. The molecular formula is C21H25ClN2O2S2.